The topological polar surface area (TPSA) is 142 Å². The Morgan fingerprint density at radius 2 is 0.216 bits per heavy atom. The summed E-state index contributed by atoms with van der Waals surface area (Å²) in [6, 6.07) is 150. The van der Waals surface area contributed by atoms with E-state index in [1.165, 1.54) is 0 Å². The van der Waals surface area contributed by atoms with Crippen LogP contribution in [-0.4, -0.2) is 0 Å². The van der Waals surface area contributed by atoms with Crippen molar-refractivity contribution < 1.29 is 71.1 Å². The van der Waals surface area contributed by atoms with Gasteiger partial charge in [0.15, 0.2) is 0 Å². The minimum absolute atomic E-state index is 0.0597. The average molecular weight is 1840 g/mol. The maximum Gasteiger partial charge on any atom is 0.123 e. The first-order chi connectivity index (χ1) is 68.7. The number of hydrogen-bond acceptors (Lipinski definition) is 16. The summed E-state index contributed by atoms with van der Waals surface area (Å²) in [7, 11) is 0. The van der Waals surface area contributed by atoms with Gasteiger partial charge in [0, 0.05) is 59.5 Å². The summed E-state index contributed by atoms with van der Waals surface area (Å²) in [6.45, 7) is 3.64. The number of benzene rings is 18. The molecule has 18 aromatic carbocycles. The monoisotopic (exact) mass is 1840 g/mol. The maximum atomic E-state index is 7.03. The lowest BCUT2D eigenvalue weighted by atomic mass is 10.1. The van der Waals surface area contributed by atoms with E-state index in [0.717, 1.165) is 101 Å². The Morgan fingerprint density at radius 3 is 0.360 bits per heavy atom. The van der Waals surface area contributed by atoms with Crippen molar-refractivity contribution in [2.24, 2.45) is 0 Å². The van der Waals surface area contributed by atoms with E-state index in [9.17, 15) is 0 Å². The number of ether oxygens (including phenoxy) is 15. The summed E-state index contributed by atoms with van der Waals surface area (Å²) < 4.78 is 100. The van der Waals surface area contributed by atoms with Gasteiger partial charge in [-0.1, -0.05) is 279 Å². The van der Waals surface area contributed by atoms with Crippen molar-refractivity contribution in [2.75, 3.05) is 4.90 Å². The summed E-state index contributed by atoms with van der Waals surface area (Å²) in [6.07, 6.45) is 0. The number of rotatable bonds is 48. The highest BCUT2D eigenvalue weighted by Gasteiger charge is 2.19. The molecule has 692 valence electrons. The molecule has 0 saturated carbocycles. The lowest BCUT2D eigenvalue weighted by Gasteiger charge is -2.25. The lowest BCUT2D eigenvalue weighted by Crippen LogP contribution is -2.09. The molecule has 18 rings (SSSR count). The van der Waals surface area contributed by atoms with Crippen LogP contribution in [-0.2, 0) is 99.1 Å². The number of hydrogen-bond donors (Lipinski definition) is 0. The van der Waals surface area contributed by atoms with Crippen molar-refractivity contribution >= 4 is 17.1 Å². The molecule has 16 nitrogen and oxygen atoms in total. The van der Waals surface area contributed by atoms with E-state index in [1.54, 1.807) is 0 Å². The van der Waals surface area contributed by atoms with Crippen molar-refractivity contribution in [3.8, 4) is 86.2 Å². The molecule has 0 saturated heterocycles. The summed E-state index contributed by atoms with van der Waals surface area (Å²) in [5.41, 5.74) is 16.7. The van der Waals surface area contributed by atoms with Gasteiger partial charge in [-0.3, -0.25) is 0 Å². The maximum absolute atomic E-state index is 7.03. The van der Waals surface area contributed by atoms with Gasteiger partial charge in [-0.2, -0.15) is 0 Å². The van der Waals surface area contributed by atoms with Gasteiger partial charge in [0.1, 0.15) is 185 Å². The second kappa shape index (κ2) is 48.1. The Morgan fingerprint density at radius 1 is 0.101 bits per heavy atom. The zero-order chi connectivity index (χ0) is 93.9. The van der Waals surface area contributed by atoms with Crippen LogP contribution in [0, 0.1) is 0 Å². The van der Waals surface area contributed by atoms with E-state index in [1.807, 2.05) is 419 Å². The van der Waals surface area contributed by atoms with Gasteiger partial charge in [0.25, 0.3) is 0 Å². The van der Waals surface area contributed by atoms with Crippen LogP contribution in [0.2, 0.25) is 0 Å². The minimum atomic E-state index is 0.0597. The molecule has 0 aliphatic heterocycles. The smallest absolute Gasteiger partial charge is 0.123 e. The van der Waals surface area contributed by atoms with E-state index in [4.69, 9.17) is 71.1 Å². The third-order valence-corrected chi connectivity index (χ3v) is 22.5. The van der Waals surface area contributed by atoms with Crippen LogP contribution >= 0.6 is 0 Å². The summed E-state index contributed by atoms with van der Waals surface area (Å²) in [5.74, 6) is 8.76. The van der Waals surface area contributed by atoms with Gasteiger partial charge >= 0.3 is 0 Å². The van der Waals surface area contributed by atoms with Crippen LogP contribution in [0.25, 0.3) is 0 Å². The highest BCUT2D eigenvalue weighted by molar-refractivity contribution is 5.76. The molecule has 0 radical (unpaired) electrons. The molecule has 139 heavy (non-hydrogen) atoms. The number of nitrogens with zero attached hydrogens (tertiary/aromatic N) is 1. The van der Waals surface area contributed by atoms with Crippen molar-refractivity contribution in [2.45, 2.75) is 99.1 Å². The predicted octanol–water partition coefficient (Wildman–Crippen LogP) is 28.8. The lowest BCUT2D eigenvalue weighted by molar-refractivity contribution is 0.269. The zero-order valence-electron chi connectivity index (χ0n) is 77.0. The normalized spacial score (nSPS) is 10.9. The van der Waals surface area contributed by atoms with Crippen LogP contribution in [0.4, 0.5) is 17.1 Å². The largest absolute Gasteiger partial charge is 0.489 e. The van der Waals surface area contributed by atoms with E-state index in [0.29, 0.717) is 139 Å². The molecule has 0 fully saturated rings. The first kappa shape index (κ1) is 92.2. The van der Waals surface area contributed by atoms with Gasteiger partial charge in [0.05, 0.1) is 0 Å². The van der Waals surface area contributed by atoms with E-state index in [-0.39, 0.29) is 46.2 Å². The van der Waals surface area contributed by atoms with Gasteiger partial charge in [-0.25, -0.2) is 0 Å². The molecule has 0 heterocycles. The molecular formula is C123H105NO15. The molecule has 0 aliphatic rings. The van der Waals surface area contributed by atoms with Gasteiger partial charge < -0.3 is 76.0 Å². The summed E-state index contributed by atoms with van der Waals surface area (Å²) in [5, 5.41) is 0. The molecule has 18 aromatic rings. The standard InChI is InChI=1S/C123H105NO15/c1-11-31-91(32-12-1)76-126-110-57-100(58-111(69-110)127-77-92-33-13-2-14-34-92)85-136-120-65-104(66-121(74-120)137-86-101-59-112(128-78-93-35-15-3-16-36-93)70-113(60-101)129-79-94-37-17-4-18-38-94)89-134-118-55-99(84-125-109-53-51-108(52-54-109)124(106-47-27-9-28-48-106)107-49-29-10-30-50-107)56-119(73-118)135-90-105-67-122(138-87-102-61-114(130-80-95-39-19-5-20-40-95)71-115(62-102)131-81-96-41-21-6-22-42-96)75-123(68-105)139-88-103-63-116(132-82-97-43-23-7-24-44-97)72-117(64-103)133-83-98-45-25-8-26-46-98/h1-75H,76-90H2. The molecule has 0 N–H and O–H groups in total. The quantitative estimate of drug-likeness (QED) is 0.0357. The number of anilines is 3. The third-order valence-electron chi connectivity index (χ3n) is 22.5. The Labute approximate surface area is 811 Å². The molecule has 0 atom stereocenters. The van der Waals surface area contributed by atoms with Crippen molar-refractivity contribution in [1.82, 2.24) is 0 Å². The Kier molecular flexibility index (Phi) is 31.9. The third kappa shape index (κ3) is 28.7. The first-order valence-electron chi connectivity index (χ1n) is 46.4. The number of para-hydroxylation sites is 2. The van der Waals surface area contributed by atoms with Crippen molar-refractivity contribution in [1.29, 1.82) is 0 Å². The fraction of sp³-hybridized carbons (Fsp3) is 0.122. The van der Waals surface area contributed by atoms with E-state index < -0.39 is 0 Å². The second-order valence-electron chi connectivity index (χ2n) is 33.4. The molecule has 0 bridgehead atoms. The molecule has 0 aliphatic carbocycles. The molecule has 0 aromatic heterocycles. The summed E-state index contributed by atoms with van der Waals surface area (Å²) >= 11 is 0. The Balaban J connectivity index is 0.667. The average Bonchev–Trinajstić information content (AvgIpc) is 0.809. The Bertz CT molecular complexity index is 5910. The fourth-order valence-electron chi connectivity index (χ4n) is 15.6. The van der Waals surface area contributed by atoms with Crippen LogP contribution in [0.3, 0.4) is 0 Å². The molecular weight excluding hydrogens is 1730 g/mol. The van der Waals surface area contributed by atoms with Gasteiger partial charge in [0.2, 0.25) is 0 Å². The molecule has 16 heteroatoms. The molecule has 0 unspecified atom stereocenters. The zero-order valence-corrected chi connectivity index (χ0v) is 77.0. The molecule has 0 spiro atoms. The SMILES string of the molecule is c1ccc(COc2cc(COc3cc(COc4cc(COc5ccc(N(c6ccccc6)c6ccccc6)cc5)cc(OCc5cc(OCc6cc(OCc7ccccc7)cc(OCc7ccccc7)c6)cc(OCc6cc(OCc7ccccc7)cc(OCc7ccccc7)c6)c5)c4)cc(OCc4cc(OCc5ccccc5)cc(OCc5ccccc5)c4)c3)cc(OCc3ccccc3)c2)cc1. The predicted molar refractivity (Wildman–Crippen MR) is 543 cm³/mol. The first-order valence-corrected chi connectivity index (χ1v) is 46.4. The minimum Gasteiger partial charge on any atom is -0.489 e. The van der Waals surface area contributed by atoms with Gasteiger partial charge in [-0.15, -0.1) is 0 Å². The van der Waals surface area contributed by atoms with E-state index in [2.05, 4.69) is 41.3 Å². The van der Waals surface area contributed by atoms with E-state index >= 15 is 0 Å². The van der Waals surface area contributed by atoms with Crippen molar-refractivity contribution in [3.63, 3.8) is 0 Å². The highest BCUT2D eigenvalue weighted by Crippen LogP contribution is 2.39. The summed E-state index contributed by atoms with van der Waals surface area (Å²) in [4.78, 5) is 2.22. The second-order valence-corrected chi connectivity index (χ2v) is 33.4. The van der Waals surface area contributed by atoms with Gasteiger partial charge in [-0.05, 0) is 217 Å². The fourth-order valence-corrected chi connectivity index (χ4v) is 15.6. The van der Waals surface area contributed by atoms with Crippen LogP contribution in [0.15, 0.2) is 455 Å². The van der Waals surface area contributed by atoms with Crippen LogP contribution in [0.1, 0.15) is 83.5 Å². The van der Waals surface area contributed by atoms with Crippen LogP contribution < -0.4 is 76.0 Å². The highest BCUT2D eigenvalue weighted by atomic mass is 16.5. The van der Waals surface area contributed by atoms with Crippen LogP contribution in [0.5, 0.6) is 86.2 Å². The molecule has 0 amide bonds. The van der Waals surface area contributed by atoms with Crippen molar-refractivity contribution in [3.05, 3.63) is 538 Å². The Hall–Kier alpha value is -17.2.